The summed E-state index contributed by atoms with van der Waals surface area (Å²) in [7, 11) is 0. The maximum atomic E-state index is 11.9. The minimum absolute atomic E-state index is 0.104. The van der Waals surface area contributed by atoms with E-state index in [0.717, 1.165) is 5.56 Å². The van der Waals surface area contributed by atoms with E-state index in [0.29, 0.717) is 6.42 Å². The van der Waals surface area contributed by atoms with Gasteiger partial charge in [-0.2, -0.15) is 0 Å². The quantitative estimate of drug-likeness (QED) is 0.766. The topological polar surface area (TPSA) is 46.2 Å². The Bertz CT molecular complexity index is 539. The number of nitrogens with one attached hydrogen (secondary N) is 1. The molecule has 2 aliphatic rings. The highest BCUT2D eigenvalue weighted by atomic mass is 16.2. The standard InChI is InChI=1S/C15H17NO2/c1-14(2,3)9-4-6-10(7-5-9)15-8-11(15)12(17)16-13(15)18/h4-7,11H,8H2,1-3H3,(H,16,17,18)/t11-,15+/m1/s1. The number of carbonyl (C=O) groups is 2. The molecule has 0 bridgehead atoms. The molecule has 94 valence electrons. The van der Waals surface area contributed by atoms with Crippen molar-refractivity contribution in [1.29, 1.82) is 0 Å². The number of benzene rings is 1. The zero-order chi connectivity index (χ0) is 13.1. The van der Waals surface area contributed by atoms with Gasteiger partial charge in [0.15, 0.2) is 0 Å². The summed E-state index contributed by atoms with van der Waals surface area (Å²) >= 11 is 0. The second-order valence-electron chi connectivity index (χ2n) is 6.37. The van der Waals surface area contributed by atoms with Crippen molar-refractivity contribution in [2.75, 3.05) is 0 Å². The van der Waals surface area contributed by atoms with Crippen molar-refractivity contribution in [3.63, 3.8) is 0 Å². The Morgan fingerprint density at radius 2 is 1.78 bits per heavy atom. The maximum absolute atomic E-state index is 11.9. The smallest absolute Gasteiger partial charge is 0.238 e. The summed E-state index contributed by atoms with van der Waals surface area (Å²) < 4.78 is 0. The van der Waals surface area contributed by atoms with Crippen LogP contribution in [-0.4, -0.2) is 11.8 Å². The normalized spacial score (nSPS) is 30.1. The van der Waals surface area contributed by atoms with Crippen LogP contribution in [0.5, 0.6) is 0 Å². The average Bonchev–Trinajstić information content (AvgIpc) is 2.99. The fourth-order valence-electron chi connectivity index (χ4n) is 2.86. The zero-order valence-corrected chi connectivity index (χ0v) is 10.9. The van der Waals surface area contributed by atoms with Gasteiger partial charge in [-0.3, -0.25) is 14.9 Å². The number of hydrogen-bond donors (Lipinski definition) is 1. The maximum Gasteiger partial charge on any atom is 0.238 e. The molecule has 1 aromatic carbocycles. The molecule has 2 fully saturated rings. The molecule has 2 amide bonds. The fraction of sp³-hybridized carbons (Fsp3) is 0.467. The van der Waals surface area contributed by atoms with Crippen LogP contribution in [0.25, 0.3) is 0 Å². The third-order valence-electron chi connectivity index (χ3n) is 4.19. The highest BCUT2D eigenvalue weighted by Crippen LogP contribution is 2.57. The second kappa shape index (κ2) is 3.22. The summed E-state index contributed by atoms with van der Waals surface area (Å²) in [6.45, 7) is 6.48. The first-order valence-corrected chi connectivity index (χ1v) is 6.32. The molecular formula is C15H17NO2. The summed E-state index contributed by atoms with van der Waals surface area (Å²) in [5.74, 6) is -0.369. The number of imide groups is 1. The van der Waals surface area contributed by atoms with Crippen molar-refractivity contribution in [3.8, 4) is 0 Å². The van der Waals surface area contributed by atoms with E-state index in [4.69, 9.17) is 0 Å². The van der Waals surface area contributed by atoms with Gasteiger partial charge in [0, 0.05) is 0 Å². The van der Waals surface area contributed by atoms with Gasteiger partial charge in [0.1, 0.15) is 0 Å². The first-order chi connectivity index (χ1) is 8.35. The lowest BCUT2D eigenvalue weighted by Crippen LogP contribution is -2.30. The molecule has 3 rings (SSSR count). The third kappa shape index (κ3) is 1.36. The van der Waals surface area contributed by atoms with Gasteiger partial charge < -0.3 is 0 Å². The molecule has 1 aliphatic heterocycles. The molecule has 0 unspecified atom stereocenters. The summed E-state index contributed by atoms with van der Waals surface area (Å²) in [6.07, 6.45) is 0.673. The van der Waals surface area contributed by atoms with Gasteiger partial charge in [0.05, 0.1) is 11.3 Å². The molecule has 1 aliphatic carbocycles. The van der Waals surface area contributed by atoms with Gasteiger partial charge >= 0.3 is 0 Å². The van der Waals surface area contributed by atoms with Crippen LogP contribution in [0, 0.1) is 5.92 Å². The van der Waals surface area contributed by atoms with Crippen LogP contribution in [0.2, 0.25) is 0 Å². The van der Waals surface area contributed by atoms with E-state index in [1.54, 1.807) is 0 Å². The van der Waals surface area contributed by atoms with Crippen molar-refractivity contribution in [2.45, 2.75) is 38.0 Å². The van der Waals surface area contributed by atoms with Gasteiger partial charge in [-0.15, -0.1) is 0 Å². The van der Waals surface area contributed by atoms with E-state index in [1.165, 1.54) is 5.56 Å². The molecular weight excluding hydrogens is 226 g/mol. The lowest BCUT2D eigenvalue weighted by atomic mass is 9.84. The summed E-state index contributed by atoms with van der Waals surface area (Å²) in [5, 5.41) is 2.42. The van der Waals surface area contributed by atoms with E-state index in [2.05, 4.69) is 38.2 Å². The van der Waals surface area contributed by atoms with Crippen LogP contribution >= 0.6 is 0 Å². The Balaban J connectivity index is 1.96. The van der Waals surface area contributed by atoms with E-state index in [9.17, 15) is 9.59 Å². The molecule has 1 saturated carbocycles. The first-order valence-electron chi connectivity index (χ1n) is 6.32. The molecule has 0 aromatic heterocycles. The SMILES string of the molecule is CC(C)(C)c1ccc([C@@]23C[C@@H]2C(=O)NC3=O)cc1. The second-order valence-corrected chi connectivity index (χ2v) is 6.37. The van der Waals surface area contributed by atoms with Gasteiger partial charge in [0.25, 0.3) is 0 Å². The Morgan fingerprint density at radius 3 is 2.17 bits per heavy atom. The summed E-state index contributed by atoms with van der Waals surface area (Å²) in [5.41, 5.74) is 1.77. The number of amides is 2. The molecule has 1 N–H and O–H groups in total. The average molecular weight is 243 g/mol. The molecule has 2 atom stereocenters. The van der Waals surface area contributed by atoms with Crippen LogP contribution < -0.4 is 5.32 Å². The number of rotatable bonds is 1. The lowest BCUT2D eigenvalue weighted by molar-refractivity contribution is -0.127. The molecule has 1 heterocycles. The Morgan fingerprint density at radius 1 is 1.17 bits per heavy atom. The first kappa shape index (κ1) is 11.5. The molecule has 3 nitrogen and oxygen atoms in total. The van der Waals surface area contributed by atoms with E-state index in [-0.39, 0.29) is 23.1 Å². The van der Waals surface area contributed by atoms with Gasteiger partial charge in [0.2, 0.25) is 11.8 Å². The van der Waals surface area contributed by atoms with Crippen LogP contribution in [-0.2, 0) is 20.4 Å². The van der Waals surface area contributed by atoms with Crippen LogP contribution in [0.15, 0.2) is 24.3 Å². The fourth-order valence-corrected chi connectivity index (χ4v) is 2.86. The van der Waals surface area contributed by atoms with Crippen molar-refractivity contribution < 1.29 is 9.59 Å². The van der Waals surface area contributed by atoms with Crippen LogP contribution in [0.4, 0.5) is 0 Å². The van der Waals surface area contributed by atoms with Crippen molar-refractivity contribution in [3.05, 3.63) is 35.4 Å². The number of hydrogen-bond acceptors (Lipinski definition) is 2. The predicted octanol–water partition coefficient (Wildman–Crippen LogP) is 1.90. The number of piperidine rings is 1. The Kier molecular flexibility index (Phi) is 2.05. The van der Waals surface area contributed by atoms with E-state index >= 15 is 0 Å². The highest BCUT2D eigenvalue weighted by molar-refractivity contribution is 6.15. The van der Waals surface area contributed by atoms with Gasteiger partial charge in [-0.25, -0.2) is 0 Å². The number of fused-ring (bicyclic) bond motifs is 1. The lowest BCUT2D eigenvalue weighted by Gasteiger charge is -2.20. The Labute approximate surface area is 107 Å². The summed E-state index contributed by atoms with van der Waals surface area (Å²) in [6, 6.07) is 8.13. The van der Waals surface area contributed by atoms with Gasteiger partial charge in [-0.1, -0.05) is 45.0 Å². The molecule has 3 heteroatoms. The van der Waals surface area contributed by atoms with Crippen LogP contribution in [0.3, 0.4) is 0 Å². The molecule has 18 heavy (non-hydrogen) atoms. The molecule has 1 aromatic rings. The molecule has 1 saturated heterocycles. The number of carbonyl (C=O) groups excluding carboxylic acids is 2. The predicted molar refractivity (Wildman–Crippen MR) is 68.1 cm³/mol. The summed E-state index contributed by atoms with van der Waals surface area (Å²) in [4.78, 5) is 23.4. The highest BCUT2D eigenvalue weighted by Gasteiger charge is 2.69. The van der Waals surface area contributed by atoms with Crippen LogP contribution in [0.1, 0.15) is 38.3 Å². The minimum Gasteiger partial charge on any atom is -0.295 e. The zero-order valence-electron chi connectivity index (χ0n) is 10.9. The molecule has 0 spiro atoms. The monoisotopic (exact) mass is 243 g/mol. The van der Waals surface area contributed by atoms with Crippen molar-refractivity contribution in [2.24, 2.45) is 5.92 Å². The van der Waals surface area contributed by atoms with Gasteiger partial charge in [-0.05, 0) is 23.0 Å². The van der Waals surface area contributed by atoms with E-state index in [1.807, 2.05) is 12.1 Å². The van der Waals surface area contributed by atoms with Crippen molar-refractivity contribution >= 4 is 11.8 Å². The minimum atomic E-state index is -0.548. The largest absolute Gasteiger partial charge is 0.295 e. The Hall–Kier alpha value is -1.64. The third-order valence-corrected chi connectivity index (χ3v) is 4.19. The van der Waals surface area contributed by atoms with Crippen molar-refractivity contribution in [1.82, 2.24) is 5.32 Å². The molecule has 0 radical (unpaired) electrons. The van der Waals surface area contributed by atoms with E-state index < -0.39 is 5.41 Å².